The Hall–Kier alpha value is -4.13. The predicted octanol–water partition coefficient (Wildman–Crippen LogP) is 3.43. The van der Waals surface area contributed by atoms with Crippen LogP contribution in [0.3, 0.4) is 0 Å². The molecule has 3 N–H and O–H groups in total. The number of anilines is 1. The van der Waals surface area contributed by atoms with Crippen LogP contribution < -0.4 is 4.90 Å². The second kappa shape index (κ2) is 7.36. The van der Waals surface area contributed by atoms with Crippen LogP contribution in [0.4, 0.5) is 5.69 Å². The highest BCUT2D eigenvalue weighted by atomic mass is 16.3. The number of ketones is 1. The van der Waals surface area contributed by atoms with Crippen LogP contribution in [0.25, 0.3) is 5.76 Å². The minimum absolute atomic E-state index is 0.0169. The maximum Gasteiger partial charge on any atom is 0.300 e. The van der Waals surface area contributed by atoms with Gasteiger partial charge in [-0.1, -0.05) is 18.2 Å². The second-order valence-corrected chi connectivity index (χ2v) is 6.99. The lowest BCUT2D eigenvalue weighted by molar-refractivity contribution is -0.132. The number of aromatic hydroxyl groups is 2. The third-order valence-electron chi connectivity index (χ3n) is 5.00. The summed E-state index contributed by atoms with van der Waals surface area (Å²) in [4.78, 5) is 31.1. The van der Waals surface area contributed by atoms with Gasteiger partial charge in [0, 0.05) is 18.0 Å². The molecule has 0 bridgehead atoms. The summed E-state index contributed by atoms with van der Waals surface area (Å²) in [6.07, 6.45) is 2.93. The summed E-state index contributed by atoms with van der Waals surface area (Å²) in [6.45, 7) is 1.80. The zero-order chi connectivity index (χ0) is 21.4. The topological polar surface area (TPSA) is 111 Å². The molecule has 0 radical (unpaired) electrons. The van der Waals surface area contributed by atoms with Crippen LogP contribution in [-0.4, -0.2) is 32.0 Å². The van der Waals surface area contributed by atoms with E-state index >= 15 is 0 Å². The fourth-order valence-corrected chi connectivity index (χ4v) is 3.54. The minimum Gasteiger partial charge on any atom is -0.508 e. The van der Waals surface area contributed by atoms with Crippen LogP contribution >= 0.6 is 0 Å². The lowest BCUT2D eigenvalue weighted by atomic mass is 9.95. The van der Waals surface area contributed by atoms with Gasteiger partial charge in [-0.05, 0) is 54.4 Å². The Kier molecular flexibility index (Phi) is 4.71. The average Bonchev–Trinajstić information content (AvgIpc) is 3.01. The highest BCUT2D eigenvalue weighted by Gasteiger charge is 2.47. The number of benzene rings is 2. The van der Waals surface area contributed by atoms with Crippen molar-refractivity contribution in [2.24, 2.45) is 0 Å². The SMILES string of the molecule is Cc1ccc(O)c(N2C(=O)C(=O)/C(=C(/O)c3ccncc3)C2c2ccc(O)cc2)c1. The number of Topliss-reactive ketones (excluding diaryl/α,β-unsaturated/α-hetero) is 1. The Labute approximate surface area is 172 Å². The highest BCUT2D eigenvalue weighted by molar-refractivity contribution is 6.51. The molecule has 1 aromatic heterocycles. The van der Waals surface area contributed by atoms with Crippen molar-refractivity contribution in [2.75, 3.05) is 4.90 Å². The van der Waals surface area contributed by atoms with Gasteiger partial charge < -0.3 is 15.3 Å². The number of hydrogen-bond donors (Lipinski definition) is 3. The Morgan fingerprint density at radius 3 is 2.30 bits per heavy atom. The molecule has 1 aliphatic rings. The molecule has 1 atom stereocenters. The predicted molar refractivity (Wildman–Crippen MR) is 110 cm³/mol. The van der Waals surface area contributed by atoms with Crippen molar-refractivity contribution in [2.45, 2.75) is 13.0 Å². The van der Waals surface area contributed by atoms with Crippen LogP contribution in [0.2, 0.25) is 0 Å². The quantitative estimate of drug-likeness (QED) is 0.352. The Morgan fingerprint density at radius 1 is 0.967 bits per heavy atom. The first kappa shape index (κ1) is 19.2. The van der Waals surface area contributed by atoms with Gasteiger partial charge in [0.1, 0.15) is 17.3 Å². The van der Waals surface area contributed by atoms with Gasteiger partial charge in [0.2, 0.25) is 0 Å². The van der Waals surface area contributed by atoms with Crippen molar-refractivity contribution in [1.82, 2.24) is 4.98 Å². The van der Waals surface area contributed by atoms with Crippen LogP contribution in [0, 0.1) is 6.92 Å². The van der Waals surface area contributed by atoms with E-state index in [1.54, 1.807) is 31.2 Å². The molecule has 1 aliphatic heterocycles. The summed E-state index contributed by atoms with van der Waals surface area (Å²) in [5, 5.41) is 31.0. The fourth-order valence-electron chi connectivity index (χ4n) is 3.54. The van der Waals surface area contributed by atoms with Crippen molar-refractivity contribution in [3.05, 3.63) is 89.3 Å². The normalized spacial score (nSPS) is 18.0. The van der Waals surface area contributed by atoms with Gasteiger partial charge in [-0.3, -0.25) is 19.5 Å². The first-order valence-corrected chi connectivity index (χ1v) is 9.18. The van der Waals surface area contributed by atoms with Gasteiger partial charge in [-0.15, -0.1) is 0 Å². The van der Waals surface area contributed by atoms with Gasteiger partial charge >= 0.3 is 0 Å². The lowest BCUT2D eigenvalue weighted by Crippen LogP contribution is -2.29. The smallest absolute Gasteiger partial charge is 0.300 e. The van der Waals surface area contributed by atoms with Crippen molar-refractivity contribution in [1.29, 1.82) is 0 Å². The molecule has 2 aromatic carbocycles. The molecule has 2 heterocycles. The van der Waals surface area contributed by atoms with E-state index < -0.39 is 17.7 Å². The zero-order valence-corrected chi connectivity index (χ0v) is 16.0. The third-order valence-corrected chi connectivity index (χ3v) is 5.00. The molecular weight excluding hydrogens is 384 g/mol. The summed E-state index contributed by atoms with van der Waals surface area (Å²) in [5.74, 6) is -2.24. The number of phenols is 2. The van der Waals surface area contributed by atoms with Crippen molar-refractivity contribution in [3.63, 3.8) is 0 Å². The molecule has 30 heavy (non-hydrogen) atoms. The van der Waals surface area contributed by atoms with E-state index in [9.17, 15) is 24.9 Å². The molecule has 0 aliphatic carbocycles. The average molecular weight is 402 g/mol. The van der Waals surface area contributed by atoms with E-state index in [0.717, 1.165) is 5.56 Å². The summed E-state index contributed by atoms with van der Waals surface area (Å²) in [5.41, 5.74) is 1.65. The summed E-state index contributed by atoms with van der Waals surface area (Å²) < 4.78 is 0. The first-order chi connectivity index (χ1) is 14.4. The molecule has 0 saturated carbocycles. The number of aryl methyl sites for hydroxylation is 1. The van der Waals surface area contributed by atoms with E-state index in [2.05, 4.69) is 4.98 Å². The number of aliphatic hydroxyl groups is 1. The van der Waals surface area contributed by atoms with Gasteiger partial charge in [0.25, 0.3) is 11.7 Å². The fraction of sp³-hybridized carbons (Fsp3) is 0.0870. The van der Waals surface area contributed by atoms with Crippen LogP contribution in [-0.2, 0) is 9.59 Å². The van der Waals surface area contributed by atoms with Crippen molar-refractivity contribution in [3.8, 4) is 11.5 Å². The number of aliphatic hydroxyl groups excluding tert-OH is 1. The number of nitrogens with zero attached hydrogens (tertiary/aromatic N) is 2. The Bertz CT molecular complexity index is 1170. The molecular formula is C23H18N2O5. The highest BCUT2D eigenvalue weighted by Crippen LogP contribution is 2.45. The molecule has 4 rings (SSSR count). The van der Waals surface area contributed by atoms with E-state index in [1.165, 1.54) is 47.6 Å². The Balaban J connectivity index is 1.98. The molecule has 0 spiro atoms. The molecule has 1 saturated heterocycles. The van der Waals surface area contributed by atoms with Crippen LogP contribution in [0.1, 0.15) is 22.7 Å². The maximum absolute atomic E-state index is 13.0. The largest absolute Gasteiger partial charge is 0.508 e. The van der Waals surface area contributed by atoms with E-state index in [1.807, 2.05) is 0 Å². The first-order valence-electron chi connectivity index (χ1n) is 9.18. The molecule has 3 aromatic rings. The standard InChI is InChI=1S/C23H18N2O5/c1-13-2-7-18(27)17(12-13)25-20(14-3-5-16(26)6-4-14)19(22(29)23(25)30)21(28)15-8-10-24-11-9-15/h2-12,20,26-28H,1H3/b21-19+. The van der Waals surface area contributed by atoms with Gasteiger partial charge in [0.15, 0.2) is 0 Å². The minimum atomic E-state index is -0.994. The summed E-state index contributed by atoms with van der Waals surface area (Å²) >= 11 is 0. The molecule has 1 amide bonds. The van der Waals surface area contributed by atoms with Crippen LogP contribution in [0.15, 0.2) is 72.6 Å². The molecule has 150 valence electrons. The monoisotopic (exact) mass is 402 g/mol. The molecule has 1 unspecified atom stereocenters. The third kappa shape index (κ3) is 3.16. The zero-order valence-electron chi connectivity index (χ0n) is 16.0. The molecule has 7 heteroatoms. The van der Waals surface area contributed by atoms with Crippen molar-refractivity contribution >= 4 is 23.1 Å². The van der Waals surface area contributed by atoms with E-state index in [-0.39, 0.29) is 28.5 Å². The Morgan fingerprint density at radius 2 is 1.63 bits per heavy atom. The van der Waals surface area contributed by atoms with Crippen molar-refractivity contribution < 1.29 is 24.9 Å². The van der Waals surface area contributed by atoms with Gasteiger partial charge in [-0.2, -0.15) is 0 Å². The maximum atomic E-state index is 13.0. The summed E-state index contributed by atoms with van der Waals surface area (Å²) in [6, 6.07) is 12.8. The number of carbonyl (C=O) groups excluding carboxylic acids is 2. The number of amides is 1. The van der Waals surface area contributed by atoms with E-state index in [4.69, 9.17) is 0 Å². The number of phenolic OH excluding ortho intramolecular Hbond substituents is 2. The summed E-state index contributed by atoms with van der Waals surface area (Å²) in [7, 11) is 0. The number of rotatable bonds is 3. The molecule has 1 fully saturated rings. The molecule has 7 nitrogen and oxygen atoms in total. The van der Waals surface area contributed by atoms with Gasteiger partial charge in [-0.25, -0.2) is 0 Å². The van der Waals surface area contributed by atoms with Gasteiger partial charge in [0.05, 0.1) is 17.3 Å². The number of carbonyl (C=O) groups is 2. The second-order valence-electron chi connectivity index (χ2n) is 6.99. The number of hydrogen-bond acceptors (Lipinski definition) is 6. The number of pyridine rings is 1. The lowest BCUT2D eigenvalue weighted by Gasteiger charge is -2.26. The van der Waals surface area contributed by atoms with Crippen LogP contribution in [0.5, 0.6) is 11.5 Å². The number of aromatic nitrogens is 1. The van der Waals surface area contributed by atoms with E-state index in [0.29, 0.717) is 11.1 Å².